The lowest BCUT2D eigenvalue weighted by atomic mass is 10.1. The maximum absolute atomic E-state index is 12.5. The van der Waals surface area contributed by atoms with Gasteiger partial charge in [-0.05, 0) is 6.07 Å². The number of carbonyl (C=O) groups excluding carboxylic acids is 2. The minimum atomic E-state index is -3.46. The maximum Gasteiger partial charge on any atom is 0.303 e. The first-order chi connectivity index (χ1) is 6.80. The van der Waals surface area contributed by atoms with E-state index in [4.69, 9.17) is 11.6 Å². The van der Waals surface area contributed by atoms with E-state index in [9.17, 15) is 18.4 Å². The molecule has 0 bridgehead atoms. The molecule has 0 aliphatic rings. The van der Waals surface area contributed by atoms with Crippen LogP contribution < -0.4 is 0 Å². The van der Waals surface area contributed by atoms with Gasteiger partial charge >= 0.3 is 5.92 Å². The molecule has 0 spiro atoms. The minimum Gasteiger partial charge on any atom is -0.294 e. The first-order valence-corrected chi connectivity index (χ1v) is 5.25. The topological polar surface area (TPSA) is 34.1 Å². The van der Waals surface area contributed by atoms with Gasteiger partial charge in [0.1, 0.15) is 0 Å². The number of hydrogen-bond acceptors (Lipinski definition) is 3. The van der Waals surface area contributed by atoms with E-state index in [0.717, 1.165) is 11.3 Å². The monoisotopic (exact) mass is 252 g/mol. The number of Topliss-reactive ketones (excluding diaryl/α,β-unsaturated/α-hetero) is 2. The number of thiophene rings is 1. The summed E-state index contributed by atoms with van der Waals surface area (Å²) in [5.74, 6) is -5.48. The van der Waals surface area contributed by atoms with Gasteiger partial charge in [0.25, 0.3) is 0 Å². The quantitative estimate of drug-likeness (QED) is 0.609. The van der Waals surface area contributed by atoms with Crippen molar-refractivity contribution in [3.8, 4) is 0 Å². The lowest BCUT2D eigenvalue weighted by Gasteiger charge is -2.06. The third-order valence-electron chi connectivity index (χ3n) is 1.70. The molecule has 82 valence electrons. The summed E-state index contributed by atoms with van der Waals surface area (Å²) in [6.45, 7) is 0.475. The average Bonchev–Trinajstić information content (AvgIpc) is 2.50. The SMILES string of the molecule is CC(F)(F)C(=O)CC(=O)c1csc(Cl)c1. The van der Waals surface area contributed by atoms with Crippen LogP contribution in [0.1, 0.15) is 23.7 Å². The molecule has 0 unspecified atom stereocenters. The summed E-state index contributed by atoms with van der Waals surface area (Å²) in [5, 5.41) is 1.44. The Morgan fingerprint density at radius 2 is 2.13 bits per heavy atom. The van der Waals surface area contributed by atoms with Crippen molar-refractivity contribution in [3.05, 3.63) is 21.3 Å². The van der Waals surface area contributed by atoms with Crippen LogP contribution in [0.15, 0.2) is 11.4 Å². The number of rotatable bonds is 4. The summed E-state index contributed by atoms with van der Waals surface area (Å²) < 4.78 is 25.3. The highest BCUT2D eigenvalue weighted by Crippen LogP contribution is 2.22. The average molecular weight is 253 g/mol. The lowest BCUT2D eigenvalue weighted by Crippen LogP contribution is -2.26. The highest BCUT2D eigenvalue weighted by molar-refractivity contribution is 7.14. The van der Waals surface area contributed by atoms with Crippen molar-refractivity contribution >= 4 is 34.5 Å². The molecule has 0 N–H and O–H groups in total. The van der Waals surface area contributed by atoms with Crippen molar-refractivity contribution in [3.63, 3.8) is 0 Å². The fraction of sp³-hybridized carbons (Fsp3) is 0.333. The van der Waals surface area contributed by atoms with E-state index in [1.807, 2.05) is 0 Å². The van der Waals surface area contributed by atoms with Gasteiger partial charge < -0.3 is 0 Å². The molecule has 0 aliphatic heterocycles. The first-order valence-electron chi connectivity index (χ1n) is 3.99. The molecular weight excluding hydrogens is 246 g/mol. The third kappa shape index (κ3) is 3.35. The summed E-state index contributed by atoms with van der Waals surface area (Å²) in [6.07, 6.45) is -0.795. The molecule has 6 heteroatoms. The molecule has 0 saturated carbocycles. The molecule has 1 aromatic rings. The van der Waals surface area contributed by atoms with Crippen molar-refractivity contribution in [2.75, 3.05) is 0 Å². The lowest BCUT2D eigenvalue weighted by molar-refractivity contribution is -0.139. The Labute approximate surface area is 93.9 Å². The minimum absolute atomic E-state index is 0.197. The number of alkyl halides is 2. The largest absolute Gasteiger partial charge is 0.303 e. The van der Waals surface area contributed by atoms with Crippen molar-refractivity contribution in [2.24, 2.45) is 0 Å². The van der Waals surface area contributed by atoms with Gasteiger partial charge in [-0.2, -0.15) is 8.78 Å². The zero-order valence-electron chi connectivity index (χ0n) is 7.72. The van der Waals surface area contributed by atoms with E-state index in [-0.39, 0.29) is 5.56 Å². The molecule has 0 saturated heterocycles. The number of hydrogen-bond donors (Lipinski definition) is 0. The second kappa shape index (κ2) is 4.37. The first kappa shape index (κ1) is 12.3. The summed E-state index contributed by atoms with van der Waals surface area (Å²) in [7, 11) is 0. The standard InChI is InChI=1S/C9H7ClF2O2S/c1-9(11,12)7(14)3-6(13)5-2-8(10)15-4-5/h2,4H,3H2,1H3. The number of ketones is 2. The van der Waals surface area contributed by atoms with Gasteiger partial charge in [-0.3, -0.25) is 9.59 Å². The molecule has 1 rings (SSSR count). The van der Waals surface area contributed by atoms with Gasteiger partial charge in [0.05, 0.1) is 10.8 Å². The zero-order valence-corrected chi connectivity index (χ0v) is 9.29. The second-order valence-electron chi connectivity index (χ2n) is 3.05. The molecule has 1 aromatic heterocycles. The summed E-state index contributed by atoms with van der Waals surface area (Å²) in [6, 6.07) is 1.36. The van der Waals surface area contributed by atoms with Crippen LogP contribution in [0.4, 0.5) is 8.78 Å². The predicted molar refractivity (Wildman–Crippen MR) is 53.9 cm³/mol. The van der Waals surface area contributed by atoms with Crippen molar-refractivity contribution in [1.82, 2.24) is 0 Å². The van der Waals surface area contributed by atoms with Gasteiger partial charge in [-0.1, -0.05) is 11.6 Å². The Bertz CT molecular complexity index is 395. The van der Waals surface area contributed by atoms with Crippen molar-refractivity contribution in [2.45, 2.75) is 19.3 Å². The molecule has 0 aromatic carbocycles. The summed E-state index contributed by atoms with van der Waals surface area (Å²) in [4.78, 5) is 22.2. The van der Waals surface area contributed by atoms with Crippen LogP contribution in [0.3, 0.4) is 0 Å². The number of halogens is 3. The Morgan fingerprint density at radius 1 is 1.53 bits per heavy atom. The zero-order chi connectivity index (χ0) is 11.6. The molecule has 1 heterocycles. The smallest absolute Gasteiger partial charge is 0.294 e. The molecule has 0 radical (unpaired) electrons. The Balaban J connectivity index is 2.69. The van der Waals surface area contributed by atoms with E-state index in [1.54, 1.807) is 0 Å². The molecule has 15 heavy (non-hydrogen) atoms. The second-order valence-corrected chi connectivity index (χ2v) is 4.59. The third-order valence-corrected chi connectivity index (χ3v) is 2.79. The maximum atomic E-state index is 12.5. The highest BCUT2D eigenvalue weighted by atomic mass is 35.5. The van der Waals surface area contributed by atoms with Gasteiger partial charge in [0.15, 0.2) is 5.78 Å². The highest BCUT2D eigenvalue weighted by Gasteiger charge is 2.33. The van der Waals surface area contributed by atoms with Crippen LogP contribution >= 0.6 is 22.9 Å². The van der Waals surface area contributed by atoms with E-state index >= 15 is 0 Å². The van der Waals surface area contributed by atoms with Crippen LogP contribution in [0.25, 0.3) is 0 Å². The van der Waals surface area contributed by atoms with Gasteiger partial charge in [-0.15, -0.1) is 11.3 Å². The Morgan fingerprint density at radius 3 is 2.53 bits per heavy atom. The fourth-order valence-electron chi connectivity index (χ4n) is 0.859. The normalized spacial score (nSPS) is 11.5. The van der Waals surface area contributed by atoms with Crippen molar-refractivity contribution < 1.29 is 18.4 Å². The van der Waals surface area contributed by atoms with E-state index in [1.165, 1.54) is 11.4 Å². The van der Waals surface area contributed by atoms with E-state index in [0.29, 0.717) is 11.3 Å². The van der Waals surface area contributed by atoms with Crippen LogP contribution in [0.2, 0.25) is 4.34 Å². The molecule has 0 amide bonds. The molecule has 2 nitrogen and oxygen atoms in total. The van der Waals surface area contributed by atoms with Crippen LogP contribution in [0.5, 0.6) is 0 Å². The van der Waals surface area contributed by atoms with E-state index in [2.05, 4.69) is 0 Å². The molecule has 0 fully saturated rings. The number of carbonyl (C=O) groups is 2. The summed E-state index contributed by atoms with van der Waals surface area (Å²) in [5.41, 5.74) is 0.197. The Hall–Kier alpha value is -0.810. The van der Waals surface area contributed by atoms with Gasteiger partial charge in [0, 0.05) is 17.9 Å². The van der Waals surface area contributed by atoms with Crippen LogP contribution in [-0.4, -0.2) is 17.5 Å². The molecule has 0 aliphatic carbocycles. The predicted octanol–water partition coefficient (Wildman–Crippen LogP) is 3.20. The van der Waals surface area contributed by atoms with Crippen LogP contribution in [0, 0.1) is 0 Å². The molecule has 0 atom stereocenters. The molecular formula is C9H7ClF2O2S. The van der Waals surface area contributed by atoms with Crippen molar-refractivity contribution in [1.29, 1.82) is 0 Å². The van der Waals surface area contributed by atoms with E-state index < -0.39 is 23.9 Å². The Kier molecular flexibility index (Phi) is 3.57. The van der Waals surface area contributed by atoms with Crippen LogP contribution in [-0.2, 0) is 4.79 Å². The van der Waals surface area contributed by atoms with Gasteiger partial charge in [-0.25, -0.2) is 0 Å². The summed E-state index contributed by atoms with van der Waals surface area (Å²) >= 11 is 6.68. The fourth-order valence-corrected chi connectivity index (χ4v) is 1.74. The van der Waals surface area contributed by atoms with Gasteiger partial charge in [0.2, 0.25) is 5.78 Å².